The van der Waals surface area contributed by atoms with Gasteiger partial charge in [-0.05, 0) is 44.4 Å². The highest BCUT2D eigenvalue weighted by Gasteiger charge is 2.40. The van der Waals surface area contributed by atoms with Crippen LogP contribution < -0.4 is 16.8 Å². The van der Waals surface area contributed by atoms with E-state index in [-0.39, 0.29) is 17.9 Å². The third kappa shape index (κ3) is 2.66. The lowest BCUT2D eigenvalue weighted by molar-refractivity contribution is -0.131. The van der Waals surface area contributed by atoms with Gasteiger partial charge in [-0.1, -0.05) is 6.42 Å². The summed E-state index contributed by atoms with van der Waals surface area (Å²) in [6.45, 7) is 1.62. The molecule has 2 fully saturated rings. The predicted octanol–water partition coefficient (Wildman–Crippen LogP) is 0.130. The Balaban J connectivity index is 1.94. The molecule has 0 radical (unpaired) electrons. The molecular weight excluding hydrogens is 230 g/mol. The van der Waals surface area contributed by atoms with E-state index in [9.17, 15) is 9.59 Å². The van der Waals surface area contributed by atoms with Crippen LogP contribution in [0.25, 0.3) is 0 Å². The van der Waals surface area contributed by atoms with Crippen LogP contribution in [0, 0.1) is 17.8 Å². The van der Waals surface area contributed by atoms with E-state index in [4.69, 9.17) is 11.5 Å². The maximum Gasteiger partial charge on any atom is 0.239 e. The van der Waals surface area contributed by atoms with Crippen molar-refractivity contribution >= 4 is 11.8 Å². The molecule has 2 bridgehead atoms. The van der Waals surface area contributed by atoms with Crippen molar-refractivity contribution in [2.75, 3.05) is 0 Å². The molecule has 0 aromatic carbocycles. The minimum atomic E-state index is -0.590. The fourth-order valence-corrected chi connectivity index (χ4v) is 3.41. The molecule has 102 valence electrons. The number of carbonyl (C=O) groups excluding carboxylic acids is 2. The third-order valence-electron chi connectivity index (χ3n) is 4.57. The second-order valence-corrected chi connectivity index (χ2v) is 5.83. The molecule has 0 aliphatic heterocycles. The monoisotopic (exact) mass is 253 g/mol. The highest BCUT2D eigenvalue weighted by Crippen LogP contribution is 2.41. The van der Waals surface area contributed by atoms with Gasteiger partial charge in [0.1, 0.15) is 6.04 Å². The normalized spacial score (nSPS) is 36.8. The first-order chi connectivity index (χ1) is 8.49. The van der Waals surface area contributed by atoms with Gasteiger partial charge in [0.25, 0.3) is 0 Å². The molecule has 2 rings (SSSR count). The standard InChI is InChI=1S/C13H23N3O2/c1-7(12(15)17)16-13(18)10-5-8-3-2-4-9(6-10)11(8)14/h7-11H,2-6,14H2,1H3,(H2,15,17)(H,16,18)/t7-,8?,9?,10?,11?/m0/s1. The molecule has 2 saturated carbocycles. The van der Waals surface area contributed by atoms with Gasteiger partial charge in [-0.25, -0.2) is 0 Å². The molecular formula is C13H23N3O2. The summed E-state index contributed by atoms with van der Waals surface area (Å²) in [6.07, 6.45) is 5.21. The maximum atomic E-state index is 12.1. The van der Waals surface area contributed by atoms with Gasteiger partial charge in [-0.15, -0.1) is 0 Å². The van der Waals surface area contributed by atoms with Gasteiger partial charge < -0.3 is 16.8 Å². The number of fused-ring (bicyclic) bond motifs is 2. The summed E-state index contributed by atoms with van der Waals surface area (Å²) in [6, 6.07) is -0.329. The molecule has 5 nitrogen and oxygen atoms in total. The average molecular weight is 253 g/mol. The van der Waals surface area contributed by atoms with E-state index in [0.717, 1.165) is 25.7 Å². The smallest absolute Gasteiger partial charge is 0.239 e. The van der Waals surface area contributed by atoms with Crippen LogP contribution in [0.3, 0.4) is 0 Å². The lowest BCUT2D eigenvalue weighted by atomic mass is 9.65. The molecule has 5 heteroatoms. The Labute approximate surface area is 108 Å². The van der Waals surface area contributed by atoms with Crippen molar-refractivity contribution in [3.63, 3.8) is 0 Å². The summed E-state index contributed by atoms with van der Waals surface area (Å²) in [4.78, 5) is 23.0. The van der Waals surface area contributed by atoms with Crippen LogP contribution in [0.1, 0.15) is 39.0 Å². The SMILES string of the molecule is C[C@H](NC(=O)C1CC2CCCC(C1)C2N)C(N)=O. The minimum Gasteiger partial charge on any atom is -0.368 e. The molecule has 0 saturated heterocycles. The Morgan fingerprint density at radius 3 is 2.28 bits per heavy atom. The van der Waals surface area contributed by atoms with E-state index < -0.39 is 11.9 Å². The van der Waals surface area contributed by atoms with Crippen molar-refractivity contribution in [3.05, 3.63) is 0 Å². The molecule has 0 aromatic heterocycles. The second kappa shape index (κ2) is 5.26. The van der Waals surface area contributed by atoms with E-state index in [2.05, 4.69) is 5.32 Å². The van der Waals surface area contributed by atoms with Gasteiger partial charge in [-0.3, -0.25) is 9.59 Å². The highest BCUT2D eigenvalue weighted by atomic mass is 16.2. The van der Waals surface area contributed by atoms with Gasteiger partial charge in [-0.2, -0.15) is 0 Å². The van der Waals surface area contributed by atoms with Crippen molar-refractivity contribution in [2.45, 2.75) is 51.1 Å². The van der Waals surface area contributed by atoms with Crippen molar-refractivity contribution in [1.82, 2.24) is 5.32 Å². The number of nitrogens with one attached hydrogen (secondary N) is 1. The lowest BCUT2D eigenvalue weighted by Crippen LogP contribution is -2.51. The highest BCUT2D eigenvalue weighted by molar-refractivity contribution is 5.87. The summed E-state index contributed by atoms with van der Waals surface area (Å²) < 4.78 is 0. The molecule has 3 atom stereocenters. The van der Waals surface area contributed by atoms with Gasteiger partial charge in [0.2, 0.25) is 11.8 Å². The molecule has 2 unspecified atom stereocenters. The first kappa shape index (κ1) is 13.3. The zero-order valence-electron chi connectivity index (χ0n) is 10.9. The van der Waals surface area contributed by atoms with E-state index in [1.54, 1.807) is 6.92 Å². The van der Waals surface area contributed by atoms with Crippen LogP contribution in [-0.2, 0) is 9.59 Å². The van der Waals surface area contributed by atoms with Gasteiger partial charge in [0, 0.05) is 12.0 Å². The first-order valence-corrected chi connectivity index (χ1v) is 6.84. The van der Waals surface area contributed by atoms with Gasteiger partial charge in [0.15, 0.2) is 0 Å². The summed E-state index contributed by atoms with van der Waals surface area (Å²) in [5.41, 5.74) is 11.3. The molecule has 2 aliphatic carbocycles. The van der Waals surface area contributed by atoms with Gasteiger partial charge in [0.05, 0.1) is 0 Å². The minimum absolute atomic E-state index is 0.00176. The van der Waals surface area contributed by atoms with E-state index in [0.29, 0.717) is 11.8 Å². The molecule has 0 heterocycles. The van der Waals surface area contributed by atoms with E-state index in [1.165, 1.54) is 6.42 Å². The van der Waals surface area contributed by atoms with Crippen LogP contribution in [0.15, 0.2) is 0 Å². The fourth-order valence-electron chi connectivity index (χ4n) is 3.41. The number of primary amides is 1. The van der Waals surface area contributed by atoms with Crippen LogP contribution in [-0.4, -0.2) is 23.9 Å². The Morgan fingerprint density at radius 1 is 1.22 bits per heavy atom. The quantitative estimate of drug-likeness (QED) is 0.666. The van der Waals surface area contributed by atoms with Crippen LogP contribution >= 0.6 is 0 Å². The summed E-state index contributed by atoms with van der Waals surface area (Å²) in [5, 5.41) is 2.70. The van der Waals surface area contributed by atoms with E-state index >= 15 is 0 Å². The number of hydrogen-bond donors (Lipinski definition) is 3. The summed E-state index contributed by atoms with van der Waals surface area (Å²) in [5.74, 6) is 0.414. The molecule has 2 aliphatic rings. The third-order valence-corrected chi connectivity index (χ3v) is 4.57. The molecule has 0 spiro atoms. The zero-order chi connectivity index (χ0) is 13.3. The Morgan fingerprint density at radius 2 is 1.78 bits per heavy atom. The summed E-state index contributed by atoms with van der Waals surface area (Å²) >= 11 is 0. The topological polar surface area (TPSA) is 98.2 Å². The first-order valence-electron chi connectivity index (χ1n) is 6.84. The van der Waals surface area contributed by atoms with E-state index in [1.807, 2.05) is 0 Å². The number of carbonyl (C=O) groups is 2. The number of amides is 2. The predicted molar refractivity (Wildman–Crippen MR) is 68.3 cm³/mol. The van der Waals surface area contributed by atoms with Crippen molar-refractivity contribution in [1.29, 1.82) is 0 Å². The zero-order valence-corrected chi connectivity index (χ0v) is 10.9. The Hall–Kier alpha value is -1.10. The molecule has 0 aromatic rings. The maximum absolute atomic E-state index is 12.1. The van der Waals surface area contributed by atoms with Crippen molar-refractivity contribution in [2.24, 2.45) is 29.2 Å². The number of nitrogens with two attached hydrogens (primary N) is 2. The largest absolute Gasteiger partial charge is 0.368 e. The second-order valence-electron chi connectivity index (χ2n) is 5.83. The Kier molecular flexibility index (Phi) is 3.90. The number of rotatable bonds is 3. The lowest BCUT2D eigenvalue weighted by Gasteiger charge is -2.43. The Bertz CT molecular complexity index is 331. The molecule has 5 N–H and O–H groups in total. The van der Waals surface area contributed by atoms with Crippen LogP contribution in [0.5, 0.6) is 0 Å². The van der Waals surface area contributed by atoms with Crippen molar-refractivity contribution < 1.29 is 9.59 Å². The number of hydrogen-bond acceptors (Lipinski definition) is 3. The van der Waals surface area contributed by atoms with Crippen LogP contribution in [0.2, 0.25) is 0 Å². The van der Waals surface area contributed by atoms with Crippen LogP contribution in [0.4, 0.5) is 0 Å². The average Bonchev–Trinajstić information content (AvgIpc) is 2.27. The molecule has 2 amide bonds. The fraction of sp³-hybridized carbons (Fsp3) is 0.846. The molecule has 18 heavy (non-hydrogen) atoms. The van der Waals surface area contributed by atoms with Crippen molar-refractivity contribution in [3.8, 4) is 0 Å². The summed E-state index contributed by atoms with van der Waals surface area (Å²) in [7, 11) is 0. The van der Waals surface area contributed by atoms with Gasteiger partial charge >= 0.3 is 0 Å².